The largest absolute Gasteiger partial charge is 0.458 e. The summed E-state index contributed by atoms with van der Waals surface area (Å²) in [6, 6.07) is 0. The van der Waals surface area contributed by atoms with Gasteiger partial charge in [-0.1, -0.05) is 46.5 Å². The van der Waals surface area contributed by atoms with Crippen LogP contribution in [0.2, 0.25) is 0 Å². The Morgan fingerprint density at radius 1 is 1.23 bits per heavy atom. The first kappa shape index (κ1) is 25.1. The first-order valence-corrected chi connectivity index (χ1v) is 12.3. The van der Waals surface area contributed by atoms with E-state index in [-0.39, 0.29) is 24.2 Å². The van der Waals surface area contributed by atoms with Crippen LogP contribution in [0.3, 0.4) is 0 Å². The number of aromatic amines is 1. The van der Waals surface area contributed by atoms with Gasteiger partial charge in [0.05, 0.1) is 5.44 Å². The highest BCUT2D eigenvalue weighted by atomic mass is 32.1. The van der Waals surface area contributed by atoms with Crippen LogP contribution in [0.5, 0.6) is 0 Å². The van der Waals surface area contributed by atoms with Crippen molar-refractivity contribution in [2.24, 2.45) is 17.8 Å². The second kappa shape index (κ2) is 12.7. The van der Waals surface area contributed by atoms with Gasteiger partial charge in [-0.15, -0.1) is 12.6 Å². The van der Waals surface area contributed by atoms with Crippen molar-refractivity contribution in [2.45, 2.75) is 97.5 Å². The van der Waals surface area contributed by atoms with Gasteiger partial charge < -0.3 is 19.8 Å². The number of carbonyl (C=O) groups excluding carboxylic acids is 1. The van der Waals surface area contributed by atoms with Crippen LogP contribution in [0, 0.1) is 24.7 Å². The lowest BCUT2D eigenvalue weighted by molar-refractivity contribution is -0.0393. The summed E-state index contributed by atoms with van der Waals surface area (Å²) in [5.74, 6) is 2.06. The molecule has 0 aromatic carbocycles. The van der Waals surface area contributed by atoms with Gasteiger partial charge in [-0.05, 0) is 62.8 Å². The van der Waals surface area contributed by atoms with Gasteiger partial charge in [0.15, 0.2) is 0 Å². The molecular weight excluding hydrogens is 396 g/mol. The molecule has 2 N–H and O–H groups in total. The van der Waals surface area contributed by atoms with E-state index in [0.717, 1.165) is 31.2 Å². The van der Waals surface area contributed by atoms with E-state index in [1.54, 1.807) is 0 Å². The molecule has 1 aliphatic rings. The number of hydrogen-bond acceptors (Lipinski definition) is 5. The number of unbranched alkanes of at least 4 members (excludes halogenated alkanes) is 2. The standard InChI is InChI=1S/C24H42N2O3S/c1-6-8-10-19-12-16(3)13-20(11-9-7-2)22(19)29-24(27)21-17(4)14-25-23(21)26-15-28-18(5)30/h14,16,18-20,22,25-26,30H,6-13,15H2,1-5H3. The first-order chi connectivity index (χ1) is 14.4. The molecule has 1 aromatic rings. The maximum absolute atomic E-state index is 13.3. The predicted molar refractivity (Wildman–Crippen MR) is 127 cm³/mol. The zero-order chi connectivity index (χ0) is 22.1. The molecule has 1 heterocycles. The molecule has 0 bridgehead atoms. The Hall–Kier alpha value is -1.14. The van der Waals surface area contributed by atoms with Crippen molar-refractivity contribution >= 4 is 24.4 Å². The summed E-state index contributed by atoms with van der Waals surface area (Å²) in [6.45, 7) is 10.9. The number of aromatic nitrogens is 1. The van der Waals surface area contributed by atoms with E-state index in [9.17, 15) is 4.79 Å². The molecule has 5 nitrogen and oxygen atoms in total. The average Bonchev–Trinajstić information content (AvgIpc) is 3.06. The summed E-state index contributed by atoms with van der Waals surface area (Å²) in [4.78, 5) is 16.4. The van der Waals surface area contributed by atoms with Crippen LogP contribution in [0.15, 0.2) is 6.20 Å². The van der Waals surface area contributed by atoms with Crippen LogP contribution in [0.1, 0.15) is 95.0 Å². The van der Waals surface area contributed by atoms with Gasteiger partial charge in [-0.25, -0.2) is 4.79 Å². The number of hydrogen-bond donors (Lipinski definition) is 3. The molecule has 1 aromatic heterocycles. The molecule has 3 atom stereocenters. The Balaban J connectivity index is 2.16. The molecule has 0 saturated heterocycles. The van der Waals surface area contributed by atoms with Gasteiger partial charge in [-0.2, -0.15) is 0 Å². The second-order valence-corrected chi connectivity index (χ2v) is 9.79. The number of nitrogens with one attached hydrogen (secondary N) is 2. The van der Waals surface area contributed by atoms with Gasteiger partial charge in [0, 0.05) is 6.20 Å². The van der Waals surface area contributed by atoms with Gasteiger partial charge in [0.25, 0.3) is 0 Å². The van der Waals surface area contributed by atoms with Crippen LogP contribution in [0.25, 0.3) is 0 Å². The highest BCUT2D eigenvalue weighted by Crippen LogP contribution is 2.41. The fourth-order valence-corrected chi connectivity index (χ4v) is 4.89. The van der Waals surface area contributed by atoms with Crippen LogP contribution < -0.4 is 5.32 Å². The van der Waals surface area contributed by atoms with Crippen LogP contribution in [-0.2, 0) is 9.47 Å². The van der Waals surface area contributed by atoms with Crippen molar-refractivity contribution in [1.82, 2.24) is 4.98 Å². The maximum atomic E-state index is 13.3. The Bertz CT molecular complexity index is 628. The van der Waals surface area contributed by atoms with Crippen molar-refractivity contribution in [2.75, 3.05) is 12.0 Å². The summed E-state index contributed by atoms with van der Waals surface area (Å²) in [5, 5.41) is 3.15. The Labute approximate surface area is 188 Å². The smallest absolute Gasteiger partial charge is 0.342 e. The summed E-state index contributed by atoms with van der Waals surface area (Å²) >= 11 is 4.22. The zero-order valence-electron chi connectivity index (χ0n) is 19.5. The molecule has 0 spiro atoms. The predicted octanol–water partition coefficient (Wildman–Crippen LogP) is 6.55. The summed E-state index contributed by atoms with van der Waals surface area (Å²) in [6.07, 6.45) is 11.2. The van der Waals surface area contributed by atoms with Crippen LogP contribution in [0.4, 0.5) is 5.82 Å². The maximum Gasteiger partial charge on any atom is 0.342 e. The van der Waals surface area contributed by atoms with Gasteiger partial charge in [-0.3, -0.25) is 0 Å². The van der Waals surface area contributed by atoms with E-state index in [4.69, 9.17) is 9.47 Å². The number of ether oxygens (including phenoxy) is 2. The highest BCUT2D eigenvalue weighted by molar-refractivity contribution is 7.80. The highest BCUT2D eigenvalue weighted by Gasteiger charge is 2.38. The normalized spacial score (nSPS) is 25.1. The average molecular weight is 439 g/mol. The molecular formula is C24H42N2O3S. The number of thiol groups is 1. The fraction of sp³-hybridized carbons (Fsp3) is 0.792. The molecule has 6 heteroatoms. The zero-order valence-corrected chi connectivity index (χ0v) is 20.4. The molecule has 1 aliphatic carbocycles. The van der Waals surface area contributed by atoms with Crippen molar-refractivity contribution in [3.05, 3.63) is 17.3 Å². The Morgan fingerprint density at radius 3 is 2.37 bits per heavy atom. The van der Waals surface area contributed by atoms with E-state index >= 15 is 0 Å². The quantitative estimate of drug-likeness (QED) is 0.197. The molecule has 0 amide bonds. The van der Waals surface area contributed by atoms with Gasteiger partial charge in [0.2, 0.25) is 0 Å². The monoisotopic (exact) mass is 438 g/mol. The summed E-state index contributed by atoms with van der Waals surface area (Å²) in [5.41, 5.74) is 1.31. The van der Waals surface area contributed by atoms with Crippen LogP contribution in [-0.4, -0.2) is 29.2 Å². The summed E-state index contributed by atoms with van der Waals surface area (Å²) in [7, 11) is 0. The van der Waals surface area contributed by atoms with Crippen molar-refractivity contribution in [3.8, 4) is 0 Å². The number of rotatable bonds is 12. The van der Waals surface area contributed by atoms with Gasteiger partial charge >= 0.3 is 5.97 Å². The second-order valence-electron chi connectivity index (χ2n) is 9.06. The Kier molecular flexibility index (Phi) is 10.6. The third kappa shape index (κ3) is 7.23. The van der Waals surface area contributed by atoms with E-state index < -0.39 is 0 Å². The van der Waals surface area contributed by atoms with E-state index in [0.29, 0.717) is 29.1 Å². The molecule has 1 fully saturated rings. The minimum atomic E-state index is -0.224. The van der Waals surface area contributed by atoms with Crippen molar-refractivity contribution < 1.29 is 14.3 Å². The van der Waals surface area contributed by atoms with E-state index in [1.807, 2.05) is 20.0 Å². The third-order valence-electron chi connectivity index (χ3n) is 6.29. The van der Waals surface area contributed by atoms with Gasteiger partial charge in [0.1, 0.15) is 24.2 Å². The van der Waals surface area contributed by atoms with Crippen molar-refractivity contribution in [1.29, 1.82) is 0 Å². The summed E-state index contributed by atoms with van der Waals surface area (Å²) < 4.78 is 11.8. The molecule has 0 aliphatic heterocycles. The molecule has 30 heavy (non-hydrogen) atoms. The molecule has 2 rings (SSSR count). The number of carbonyl (C=O) groups is 1. The third-order valence-corrected chi connectivity index (χ3v) is 6.44. The van der Waals surface area contributed by atoms with E-state index in [1.165, 1.54) is 25.7 Å². The topological polar surface area (TPSA) is 63.4 Å². The SMILES string of the molecule is CCCCC1CC(C)CC(CCCC)C1OC(=O)c1c(C)c[nH]c1NCOC(C)S. The number of anilines is 1. The number of H-pyrrole nitrogens is 1. The molecule has 0 radical (unpaired) electrons. The minimum absolute atomic E-state index is 0.0164. The lowest BCUT2D eigenvalue weighted by Crippen LogP contribution is -2.40. The lowest BCUT2D eigenvalue weighted by Gasteiger charge is -2.41. The molecule has 1 saturated carbocycles. The number of aryl methyl sites for hydroxylation is 1. The Morgan fingerprint density at radius 2 is 1.83 bits per heavy atom. The first-order valence-electron chi connectivity index (χ1n) is 11.8. The number of esters is 1. The van der Waals surface area contributed by atoms with Crippen molar-refractivity contribution in [3.63, 3.8) is 0 Å². The fourth-order valence-electron chi connectivity index (χ4n) is 4.81. The lowest BCUT2D eigenvalue weighted by atomic mass is 9.70. The molecule has 172 valence electrons. The molecule has 3 unspecified atom stereocenters. The minimum Gasteiger partial charge on any atom is -0.458 e. The van der Waals surface area contributed by atoms with Crippen LogP contribution >= 0.6 is 12.6 Å². The van der Waals surface area contributed by atoms with E-state index in [2.05, 4.69) is 43.7 Å².